The molecule has 0 fully saturated rings. The minimum Gasteiger partial charge on any atom is -0.478 e. The van der Waals surface area contributed by atoms with Gasteiger partial charge in [0.1, 0.15) is 5.71 Å². The fraction of sp³-hybridized carbons (Fsp3) is 0.200. The van der Waals surface area contributed by atoms with Gasteiger partial charge in [-0.15, -0.1) is 0 Å². The summed E-state index contributed by atoms with van der Waals surface area (Å²) in [7, 11) is 0. The van der Waals surface area contributed by atoms with E-state index in [9.17, 15) is 9.59 Å². The molecule has 1 atom stereocenters. The first kappa shape index (κ1) is 18.3. The minimum absolute atomic E-state index is 0.0246. The van der Waals surface area contributed by atoms with Crippen molar-refractivity contribution in [3.8, 4) is 0 Å². The Labute approximate surface area is 155 Å². The van der Waals surface area contributed by atoms with Crippen LogP contribution in [0.5, 0.6) is 0 Å². The Morgan fingerprint density at radius 1 is 1.22 bits per heavy atom. The highest BCUT2D eigenvalue weighted by Gasteiger charge is 2.25. The van der Waals surface area contributed by atoms with E-state index in [0.717, 1.165) is 6.42 Å². The van der Waals surface area contributed by atoms with Crippen molar-refractivity contribution in [1.29, 1.82) is 0 Å². The maximum atomic E-state index is 12.7. The zero-order valence-corrected chi connectivity index (χ0v) is 14.9. The van der Waals surface area contributed by atoms with E-state index < -0.39 is 5.97 Å². The molecule has 3 N–H and O–H groups in total. The Bertz CT molecular complexity index is 1030. The quantitative estimate of drug-likeness (QED) is 0.509. The van der Waals surface area contributed by atoms with E-state index in [1.165, 1.54) is 18.2 Å². The van der Waals surface area contributed by atoms with Crippen LogP contribution in [0, 0.1) is 0 Å². The third kappa shape index (κ3) is 3.72. The first-order valence-corrected chi connectivity index (χ1v) is 8.59. The van der Waals surface area contributed by atoms with Gasteiger partial charge in [-0.05, 0) is 38.0 Å². The number of aromatic nitrogens is 2. The fourth-order valence-corrected chi connectivity index (χ4v) is 3.04. The smallest absolute Gasteiger partial charge is 0.335 e. The molecule has 0 saturated heterocycles. The van der Waals surface area contributed by atoms with Crippen LogP contribution in [0.25, 0.3) is 10.9 Å². The molecule has 1 unspecified atom stereocenters. The number of hydrogen-bond donors (Lipinski definition) is 2. The second-order valence-corrected chi connectivity index (χ2v) is 6.27. The third-order valence-electron chi connectivity index (χ3n) is 4.47. The van der Waals surface area contributed by atoms with Crippen molar-refractivity contribution in [2.45, 2.75) is 25.8 Å². The normalized spacial score (nSPS) is 17.1. The lowest BCUT2D eigenvalue weighted by Gasteiger charge is -2.25. The zero-order valence-electron chi connectivity index (χ0n) is 14.9. The standard InChI is InChI=1S/C14H14N4O3.C6H6/c1-7-2-4-11(17-15)12-16-10-5-3-8(14(20)21)6-9(10)13(19)18(7)12;1-2-4-6-5-3-1/h3,5-7H,2,4,15H2,1H3,(H,20,21);1-6H. The highest BCUT2D eigenvalue weighted by molar-refractivity contribution is 6.00. The average molecular weight is 364 g/mol. The Kier molecular flexibility index (Phi) is 5.30. The number of nitrogens with two attached hydrogens (primary N) is 1. The minimum atomic E-state index is -1.07. The number of hydrogen-bond acceptors (Lipinski definition) is 5. The summed E-state index contributed by atoms with van der Waals surface area (Å²) in [4.78, 5) is 28.1. The van der Waals surface area contributed by atoms with Crippen LogP contribution in [0.3, 0.4) is 0 Å². The molecule has 0 amide bonds. The van der Waals surface area contributed by atoms with Crippen molar-refractivity contribution in [1.82, 2.24) is 9.55 Å². The molecule has 138 valence electrons. The van der Waals surface area contributed by atoms with E-state index in [4.69, 9.17) is 10.9 Å². The number of carbonyl (C=O) groups is 1. The molecular weight excluding hydrogens is 344 g/mol. The van der Waals surface area contributed by atoms with Gasteiger partial charge in [-0.1, -0.05) is 36.4 Å². The van der Waals surface area contributed by atoms with Crippen LogP contribution in [0.15, 0.2) is 64.5 Å². The molecule has 1 aliphatic heterocycles. The highest BCUT2D eigenvalue weighted by atomic mass is 16.4. The largest absolute Gasteiger partial charge is 0.478 e. The second-order valence-electron chi connectivity index (χ2n) is 6.27. The summed E-state index contributed by atoms with van der Waals surface area (Å²) in [5.41, 5.74) is 0.852. The van der Waals surface area contributed by atoms with Crippen LogP contribution in [-0.4, -0.2) is 26.3 Å². The second kappa shape index (κ2) is 7.82. The van der Waals surface area contributed by atoms with Gasteiger partial charge >= 0.3 is 5.97 Å². The van der Waals surface area contributed by atoms with Gasteiger partial charge < -0.3 is 10.9 Å². The van der Waals surface area contributed by atoms with Crippen LogP contribution >= 0.6 is 0 Å². The predicted molar refractivity (Wildman–Crippen MR) is 104 cm³/mol. The SMILES string of the molecule is CC1CCC(=NN)c2nc3ccc(C(=O)O)cc3c(=O)n21.c1ccccc1. The van der Waals surface area contributed by atoms with E-state index in [1.807, 2.05) is 43.3 Å². The molecular formula is C20H20N4O3. The molecule has 1 aliphatic rings. The van der Waals surface area contributed by atoms with Crippen LogP contribution in [0.2, 0.25) is 0 Å². The molecule has 0 radical (unpaired) electrons. The van der Waals surface area contributed by atoms with Gasteiger partial charge in [0.2, 0.25) is 0 Å². The summed E-state index contributed by atoms with van der Waals surface area (Å²) in [6.45, 7) is 1.92. The van der Waals surface area contributed by atoms with Crippen molar-refractivity contribution in [3.05, 3.63) is 76.3 Å². The summed E-state index contributed by atoms with van der Waals surface area (Å²) >= 11 is 0. The molecule has 0 spiro atoms. The monoisotopic (exact) mass is 364 g/mol. The average Bonchev–Trinajstić information content (AvgIpc) is 2.70. The maximum absolute atomic E-state index is 12.7. The summed E-state index contributed by atoms with van der Waals surface area (Å²) in [6, 6.07) is 16.3. The zero-order chi connectivity index (χ0) is 19.4. The van der Waals surface area contributed by atoms with Gasteiger partial charge in [0.05, 0.1) is 16.5 Å². The van der Waals surface area contributed by atoms with Crippen LogP contribution < -0.4 is 11.4 Å². The lowest BCUT2D eigenvalue weighted by molar-refractivity contribution is 0.0697. The van der Waals surface area contributed by atoms with E-state index in [2.05, 4.69) is 10.1 Å². The summed E-state index contributed by atoms with van der Waals surface area (Å²) in [5.74, 6) is 4.77. The molecule has 27 heavy (non-hydrogen) atoms. The van der Waals surface area contributed by atoms with Crippen molar-refractivity contribution in [2.24, 2.45) is 10.9 Å². The molecule has 0 saturated carbocycles. The maximum Gasteiger partial charge on any atom is 0.335 e. The molecule has 3 aromatic rings. The number of rotatable bonds is 1. The van der Waals surface area contributed by atoms with E-state index in [1.54, 1.807) is 4.57 Å². The molecule has 7 nitrogen and oxygen atoms in total. The molecule has 0 aliphatic carbocycles. The van der Waals surface area contributed by atoms with Gasteiger partial charge in [0, 0.05) is 6.04 Å². The van der Waals surface area contributed by atoms with Crippen LogP contribution in [-0.2, 0) is 0 Å². The summed E-state index contributed by atoms with van der Waals surface area (Å²) in [6.07, 6.45) is 1.41. The predicted octanol–water partition coefficient (Wildman–Crippen LogP) is 2.80. The number of nitrogens with zero attached hydrogens (tertiary/aromatic N) is 3. The number of fused-ring (bicyclic) bond motifs is 2. The Balaban J connectivity index is 0.000000299. The fourth-order valence-electron chi connectivity index (χ4n) is 3.04. The first-order valence-electron chi connectivity index (χ1n) is 8.59. The van der Waals surface area contributed by atoms with E-state index in [0.29, 0.717) is 28.9 Å². The summed E-state index contributed by atoms with van der Waals surface area (Å²) in [5, 5.41) is 13.1. The number of carboxylic acids is 1. The van der Waals surface area contributed by atoms with Crippen molar-refractivity contribution in [3.63, 3.8) is 0 Å². The lowest BCUT2D eigenvalue weighted by Crippen LogP contribution is -2.34. The lowest BCUT2D eigenvalue weighted by atomic mass is 10.0. The topological polar surface area (TPSA) is 111 Å². The van der Waals surface area contributed by atoms with E-state index in [-0.39, 0.29) is 17.2 Å². The van der Waals surface area contributed by atoms with Gasteiger partial charge in [-0.3, -0.25) is 9.36 Å². The number of benzene rings is 2. The Hall–Kier alpha value is -3.48. The van der Waals surface area contributed by atoms with Gasteiger partial charge in [-0.25, -0.2) is 9.78 Å². The summed E-state index contributed by atoms with van der Waals surface area (Å²) < 4.78 is 1.54. The highest BCUT2D eigenvalue weighted by Crippen LogP contribution is 2.23. The number of carboxylic acid groups (broad SMARTS) is 1. The van der Waals surface area contributed by atoms with Gasteiger partial charge in [0.25, 0.3) is 5.56 Å². The van der Waals surface area contributed by atoms with Gasteiger partial charge in [0.15, 0.2) is 5.82 Å². The third-order valence-corrected chi connectivity index (χ3v) is 4.47. The molecule has 2 heterocycles. The van der Waals surface area contributed by atoms with Crippen LogP contribution in [0.4, 0.5) is 0 Å². The molecule has 2 aromatic carbocycles. The molecule has 7 heteroatoms. The van der Waals surface area contributed by atoms with Crippen LogP contribution in [0.1, 0.15) is 42.0 Å². The van der Waals surface area contributed by atoms with Crippen molar-refractivity contribution >= 4 is 22.6 Å². The van der Waals surface area contributed by atoms with E-state index >= 15 is 0 Å². The van der Waals surface area contributed by atoms with Crippen molar-refractivity contribution in [2.75, 3.05) is 0 Å². The molecule has 0 bridgehead atoms. The number of hydrazone groups is 1. The Morgan fingerprint density at radius 2 is 1.85 bits per heavy atom. The number of aromatic carboxylic acids is 1. The molecule has 1 aromatic heterocycles. The van der Waals surface area contributed by atoms with Crippen molar-refractivity contribution < 1.29 is 9.90 Å². The Morgan fingerprint density at radius 3 is 2.41 bits per heavy atom. The van der Waals surface area contributed by atoms with Gasteiger partial charge in [-0.2, -0.15) is 5.10 Å². The molecule has 4 rings (SSSR count). The first-order chi connectivity index (χ1) is 13.0.